The summed E-state index contributed by atoms with van der Waals surface area (Å²) < 4.78 is 11.9. The van der Waals surface area contributed by atoms with E-state index in [1.54, 1.807) is 30.2 Å². The largest absolute Gasteiger partial charge is 0.504 e. The number of hydrogen-bond acceptors (Lipinski definition) is 6. The number of phenolic OH excluding ortho intramolecular Hbond substituents is 1. The van der Waals surface area contributed by atoms with Gasteiger partial charge in [0.05, 0.1) is 24.2 Å². The van der Waals surface area contributed by atoms with E-state index in [2.05, 4.69) is 4.90 Å². The van der Waals surface area contributed by atoms with Crippen LogP contribution in [-0.4, -0.2) is 77.0 Å². The number of piperidine rings is 1. The van der Waals surface area contributed by atoms with Gasteiger partial charge in [0.15, 0.2) is 11.5 Å². The van der Waals surface area contributed by atoms with Gasteiger partial charge in [-0.15, -0.1) is 0 Å². The first-order valence-corrected chi connectivity index (χ1v) is 13.9. The van der Waals surface area contributed by atoms with Crippen molar-refractivity contribution in [2.75, 3.05) is 27.2 Å². The summed E-state index contributed by atoms with van der Waals surface area (Å²) in [6.45, 7) is 1.95. The van der Waals surface area contributed by atoms with Gasteiger partial charge in [-0.2, -0.15) is 0 Å². The number of ether oxygens (including phenoxy) is 2. The summed E-state index contributed by atoms with van der Waals surface area (Å²) in [5.74, 6) is 2.02. The van der Waals surface area contributed by atoms with Crippen molar-refractivity contribution in [1.29, 1.82) is 0 Å². The van der Waals surface area contributed by atoms with Gasteiger partial charge in [-0.3, -0.25) is 9.69 Å². The molecule has 3 aliphatic carbocycles. The number of carbonyl (C=O) groups is 1. The third-order valence-corrected chi connectivity index (χ3v) is 10.1. The lowest BCUT2D eigenvalue weighted by atomic mass is 9.48. The fourth-order valence-electron chi connectivity index (χ4n) is 8.05. The van der Waals surface area contributed by atoms with Crippen LogP contribution < -0.4 is 9.47 Å². The number of methoxy groups -OCH3 is 1. The number of nitrogens with zero attached hydrogens (tertiary/aromatic N) is 2. The molecule has 2 aliphatic heterocycles. The Hall–Kier alpha value is -3.03. The Morgan fingerprint density at radius 3 is 2.87 bits per heavy atom. The Balaban J connectivity index is 1.23. The van der Waals surface area contributed by atoms with Crippen LogP contribution in [0.1, 0.15) is 48.8 Å². The first-order chi connectivity index (χ1) is 18.4. The Morgan fingerprint density at radius 1 is 1.24 bits per heavy atom. The molecule has 0 aromatic heterocycles. The zero-order valence-corrected chi connectivity index (χ0v) is 22.1. The molecule has 0 radical (unpaired) electrons. The van der Waals surface area contributed by atoms with Crippen molar-refractivity contribution in [1.82, 2.24) is 9.80 Å². The van der Waals surface area contributed by atoms with Crippen LogP contribution in [0.5, 0.6) is 17.2 Å². The fourth-order valence-corrected chi connectivity index (χ4v) is 8.05. The maximum absolute atomic E-state index is 13.4. The molecule has 5 aliphatic rings. The van der Waals surface area contributed by atoms with Crippen LogP contribution in [0.25, 0.3) is 6.08 Å². The molecule has 200 valence electrons. The van der Waals surface area contributed by atoms with Gasteiger partial charge in [0.25, 0.3) is 0 Å². The molecule has 7 heteroatoms. The molecule has 1 saturated heterocycles. The predicted molar refractivity (Wildman–Crippen MR) is 143 cm³/mol. The van der Waals surface area contributed by atoms with Crippen molar-refractivity contribution in [2.24, 2.45) is 5.92 Å². The van der Waals surface area contributed by atoms with E-state index in [0.717, 1.165) is 48.7 Å². The first-order valence-electron chi connectivity index (χ1n) is 13.9. The van der Waals surface area contributed by atoms with E-state index < -0.39 is 17.1 Å². The third kappa shape index (κ3) is 3.31. The highest BCUT2D eigenvalue weighted by Crippen LogP contribution is 2.66. The minimum atomic E-state index is -0.951. The van der Waals surface area contributed by atoms with Gasteiger partial charge in [-0.05, 0) is 86.4 Å². The molecule has 2 aromatic carbocycles. The van der Waals surface area contributed by atoms with E-state index in [0.29, 0.717) is 18.6 Å². The van der Waals surface area contributed by atoms with Crippen molar-refractivity contribution in [3.8, 4) is 17.2 Å². The average molecular weight is 517 g/mol. The highest BCUT2D eigenvalue weighted by Gasteiger charge is 2.73. The smallest absolute Gasteiger partial charge is 0.246 e. The lowest BCUT2D eigenvalue weighted by Gasteiger charge is -2.64. The van der Waals surface area contributed by atoms with E-state index in [-0.39, 0.29) is 23.7 Å². The number of benzene rings is 2. The van der Waals surface area contributed by atoms with Crippen LogP contribution in [0.4, 0.5) is 0 Å². The van der Waals surface area contributed by atoms with E-state index in [9.17, 15) is 15.0 Å². The normalized spacial score (nSPS) is 33.1. The molecule has 2 aromatic rings. The number of phenols is 1. The molecule has 0 unspecified atom stereocenters. The lowest BCUT2D eigenvalue weighted by Crippen LogP contribution is -2.78. The van der Waals surface area contributed by atoms with Crippen LogP contribution in [0.15, 0.2) is 42.5 Å². The number of aromatic hydroxyl groups is 1. The number of carbonyl (C=O) groups excluding carboxylic acids is 1. The fraction of sp³-hybridized carbons (Fsp3) is 0.516. The Morgan fingerprint density at radius 2 is 2.08 bits per heavy atom. The summed E-state index contributed by atoms with van der Waals surface area (Å²) in [4.78, 5) is 17.7. The molecule has 3 fully saturated rings. The molecule has 7 nitrogen and oxygen atoms in total. The van der Waals surface area contributed by atoms with E-state index >= 15 is 0 Å². The molecule has 1 amide bonds. The Labute approximate surface area is 223 Å². The molecule has 2 heterocycles. The minimum absolute atomic E-state index is 0.0286. The quantitative estimate of drug-likeness (QED) is 0.572. The van der Waals surface area contributed by atoms with Gasteiger partial charge in [0, 0.05) is 31.3 Å². The van der Waals surface area contributed by atoms with Crippen molar-refractivity contribution in [3.05, 3.63) is 59.2 Å². The molecular weight excluding hydrogens is 480 g/mol. The van der Waals surface area contributed by atoms with Gasteiger partial charge in [-0.25, -0.2) is 0 Å². The van der Waals surface area contributed by atoms with E-state index in [1.807, 2.05) is 37.4 Å². The van der Waals surface area contributed by atoms with Gasteiger partial charge < -0.3 is 24.6 Å². The molecule has 38 heavy (non-hydrogen) atoms. The van der Waals surface area contributed by atoms with Crippen LogP contribution in [0.3, 0.4) is 0 Å². The molecule has 2 N–H and O–H groups in total. The van der Waals surface area contributed by atoms with E-state index in [4.69, 9.17) is 9.47 Å². The van der Waals surface area contributed by atoms with Crippen LogP contribution in [-0.2, 0) is 16.6 Å². The summed E-state index contributed by atoms with van der Waals surface area (Å²) in [6.07, 6.45) is 8.35. The number of amides is 1. The Kier molecular flexibility index (Phi) is 5.37. The molecule has 5 atom stereocenters. The predicted octanol–water partition coefficient (Wildman–Crippen LogP) is 3.51. The van der Waals surface area contributed by atoms with Crippen LogP contribution in [0.2, 0.25) is 0 Å². The number of hydrogen-bond donors (Lipinski definition) is 2. The van der Waals surface area contributed by atoms with Crippen LogP contribution >= 0.6 is 0 Å². The Bertz CT molecular complexity index is 1320. The second-order valence-corrected chi connectivity index (χ2v) is 12.0. The highest BCUT2D eigenvalue weighted by molar-refractivity contribution is 5.92. The second kappa shape index (κ2) is 8.48. The third-order valence-electron chi connectivity index (χ3n) is 10.1. The van der Waals surface area contributed by atoms with Crippen molar-refractivity contribution in [3.63, 3.8) is 0 Å². The molecule has 7 rings (SSSR count). The zero-order valence-electron chi connectivity index (χ0n) is 22.1. The van der Waals surface area contributed by atoms with Gasteiger partial charge >= 0.3 is 0 Å². The highest BCUT2D eigenvalue weighted by atomic mass is 16.5. The first kappa shape index (κ1) is 24.0. The maximum atomic E-state index is 13.4. The van der Waals surface area contributed by atoms with Gasteiger partial charge in [0.2, 0.25) is 5.91 Å². The zero-order chi connectivity index (χ0) is 26.2. The topological polar surface area (TPSA) is 82.5 Å². The molecule has 2 saturated carbocycles. The molecule has 1 spiro atoms. The van der Waals surface area contributed by atoms with Crippen molar-refractivity contribution >= 4 is 12.0 Å². The van der Waals surface area contributed by atoms with Crippen molar-refractivity contribution < 1.29 is 24.5 Å². The van der Waals surface area contributed by atoms with Gasteiger partial charge in [0.1, 0.15) is 11.9 Å². The number of likely N-dealkylation sites (N-methyl/N-ethyl adjacent to an activating group) is 1. The summed E-state index contributed by atoms with van der Waals surface area (Å²) in [5, 5.41) is 23.5. The summed E-state index contributed by atoms with van der Waals surface area (Å²) in [5.41, 5.74) is 1.47. The average Bonchev–Trinajstić information content (AvgIpc) is 3.67. The summed E-state index contributed by atoms with van der Waals surface area (Å²) in [6, 6.07) is 11.2. The van der Waals surface area contributed by atoms with E-state index in [1.165, 1.54) is 18.4 Å². The van der Waals surface area contributed by atoms with Crippen LogP contribution in [0, 0.1) is 5.92 Å². The van der Waals surface area contributed by atoms with Crippen molar-refractivity contribution in [2.45, 2.75) is 67.7 Å². The summed E-state index contributed by atoms with van der Waals surface area (Å²) in [7, 11) is 3.46. The minimum Gasteiger partial charge on any atom is -0.504 e. The monoisotopic (exact) mass is 516 g/mol. The second-order valence-electron chi connectivity index (χ2n) is 12.0. The maximum Gasteiger partial charge on any atom is 0.246 e. The standard InChI is InChI=1S/C31H36N2O5/c1-32(26(35)11-8-19-4-3-5-22(16-19)37-2)23-12-13-31(36)25-17-21-9-10-24(34)28-27(21)30(31,29(23)38-28)14-15-33(25)18-20-6-7-20/h3-5,8-11,16,20,23,25,29,34,36H,6-7,12-15,17-18H2,1-2H3/t23-,25+,29-,30-,31+/m0/s1. The van der Waals surface area contributed by atoms with Gasteiger partial charge in [-0.1, -0.05) is 18.2 Å². The SMILES string of the molecule is COc1cccc(C=CC(=O)N(C)[C@H]2CC[C@@]3(O)[C@H]4Cc5ccc(O)c6c5[C@@]3(CCN4CC3CC3)[C@H]2O6)c1. The number of likely N-dealkylation sites (tertiary alicyclic amines) is 1. The number of rotatable bonds is 6. The lowest BCUT2D eigenvalue weighted by molar-refractivity contribution is -0.200. The summed E-state index contributed by atoms with van der Waals surface area (Å²) >= 11 is 0. The molecular formula is C31H36N2O5. The molecule has 2 bridgehead atoms. The number of aliphatic hydroxyl groups is 1.